The van der Waals surface area contributed by atoms with Crippen LogP contribution in [0.2, 0.25) is 0 Å². The summed E-state index contributed by atoms with van der Waals surface area (Å²) in [5.41, 5.74) is 0. The van der Waals surface area contributed by atoms with Gasteiger partial charge in [0.1, 0.15) is 0 Å². The summed E-state index contributed by atoms with van der Waals surface area (Å²) in [6, 6.07) is 0. The van der Waals surface area contributed by atoms with Crippen LogP contribution in [0, 0.1) is 62.2 Å². The standard InChI is InChI=1S/4FH.2U/h4*1H;;/p-4. The van der Waals surface area contributed by atoms with E-state index < -0.39 is 0 Å². The Morgan fingerprint density at radius 3 is 0.333 bits per heavy atom. The molecule has 0 aliphatic heterocycles. The van der Waals surface area contributed by atoms with Crippen molar-refractivity contribution in [2.45, 2.75) is 0 Å². The third-order valence-electron chi connectivity index (χ3n) is 0. The van der Waals surface area contributed by atoms with Gasteiger partial charge in [0, 0.05) is 62.2 Å². The molecule has 0 amide bonds. The summed E-state index contributed by atoms with van der Waals surface area (Å²) in [7, 11) is 0. The molecule has 0 atom stereocenters. The van der Waals surface area contributed by atoms with Crippen LogP contribution in [0.5, 0.6) is 0 Å². The fourth-order valence-corrected chi connectivity index (χ4v) is 0. The SMILES string of the molecule is [F-].[F-].[F-].[F-].[U].[U]. The van der Waals surface area contributed by atoms with Gasteiger partial charge < -0.3 is 18.8 Å². The van der Waals surface area contributed by atoms with Crippen LogP contribution in [0.25, 0.3) is 0 Å². The van der Waals surface area contributed by atoms with Crippen molar-refractivity contribution in [3.63, 3.8) is 0 Å². The van der Waals surface area contributed by atoms with Crippen LogP contribution in [0.4, 0.5) is 0 Å². The first-order chi connectivity index (χ1) is 0. The van der Waals surface area contributed by atoms with Gasteiger partial charge in [-0.15, -0.1) is 0 Å². The van der Waals surface area contributed by atoms with Crippen molar-refractivity contribution in [2.24, 2.45) is 0 Å². The monoisotopic (exact) mass is 552 g/mol. The molecule has 0 bridgehead atoms. The van der Waals surface area contributed by atoms with Gasteiger partial charge in [0.2, 0.25) is 0 Å². The maximum absolute atomic E-state index is 0. The maximum Gasteiger partial charge on any atom is 0 e. The van der Waals surface area contributed by atoms with E-state index in [2.05, 4.69) is 0 Å². The van der Waals surface area contributed by atoms with Crippen LogP contribution in [0.1, 0.15) is 0 Å². The quantitative estimate of drug-likeness (QED) is 0.263. The minimum atomic E-state index is 0. The van der Waals surface area contributed by atoms with Gasteiger partial charge >= 0.3 is 0 Å². The van der Waals surface area contributed by atoms with E-state index in [4.69, 9.17) is 0 Å². The fourth-order valence-electron chi connectivity index (χ4n) is 0. The fraction of sp³-hybridized carbons (Fsp3) is 0. The molecule has 0 saturated carbocycles. The van der Waals surface area contributed by atoms with Crippen LogP contribution in [0.15, 0.2) is 0 Å². The zero-order chi connectivity index (χ0) is 0. The molecule has 0 fully saturated rings. The van der Waals surface area contributed by atoms with E-state index in [1.165, 1.54) is 0 Å². The van der Waals surface area contributed by atoms with Crippen molar-refractivity contribution in [3.05, 3.63) is 0 Å². The van der Waals surface area contributed by atoms with Crippen LogP contribution in [-0.4, -0.2) is 0 Å². The van der Waals surface area contributed by atoms with E-state index in [1.54, 1.807) is 0 Å². The minimum absolute atomic E-state index is 0. The van der Waals surface area contributed by atoms with Crippen LogP contribution < -0.4 is 18.8 Å². The van der Waals surface area contributed by atoms with Crippen LogP contribution in [0.3, 0.4) is 0 Å². The second kappa shape index (κ2) is 69.6. The molecular formula is F4U2-4. The molecule has 0 radical (unpaired) electrons. The van der Waals surface area contributed by atoms with Gasteiger partial charge in [-0.05, 0) is 0 Å². The average Bonchev–Trinajstić information content (AvgIpc) is 0. The molecule has 6 heteroatoms. The van der Waals surface area contributed by atoms with Gasteiger partial charge in [-0.3, -0.25) is 0 Å². The van der Waals surface area contributed by atoms with Crippen molar-refractivity contribution >= 4 is 0 Å². The van der Waals surface area contributed by atoms with Crippen molar-refractivity contribution in [2.75, 3.05) is 0 Å². The topological polar surface area (TPSA) is 0 Å². The summed E-state index contributed by atoms with van der Waals surface area (Å²) in [6.07, 6.45) is 0. The molecule has 40 valence electrons. The molecule has 0 aromatic heterocycles. The summed E-state index contributed by atoms with van der Waals surface area (Å²) in [5.74, 6) is 0. The molecule has 6 heavy (non-hydrogen) atoms. The van der Waals surface area contributed by atoms with E-state index in [0.29, 0.717) is 0 Å². The third kappa shape index (κ3) is 40.7. The van der Waals surface area contributed by atoms with E-state index in [9.17, 15) is 0 Å². The van der Waals surface area contributed by atoms with Crippen molar-refractivity contribution in [1.29, 1.82) is 0 Å². The number of hydrogen-bond donors (Lipinski definition) is 0. The van der Waals surface area contributed by atoms with Crippen LogP contribution >= 0.6 is 0 Å². The number of rotatable bonds is 0. The molecule has 0 spiro atoms. The summed E-state index contributed by atoms with van der Waals surface area (Å²) in [6.45, 7) is 0. The smallest absolute Gasteiger partial charge is 0 e. The molecule has 0 rings (SSSR count). The average molecular weight is 552 g/mol. The molecule has 0 heterocycles. The van der Waals surface area contributed by atoms with Gasteiger partial charge in [0.05, 0.1) is 0 Å². The summed E-state index contributed by atoms with van der Waals surface area (Å²) in [4.78, 5) is 0. The van der Waals surface area contributed by atoms with Crippen LogP contribution in [-0.2, 0) is 0 Å². The summed E-state index contributed by atoms with van der Waals surface area (Å²) >= 11 is 0. The predicted molar refractivity (Wildman–Crippen MR) is 0 cm³/mol. The third-order valence-corrected chi connectivity index (χ3v) is 0. The Hall–Kier alpha value is 1.82. The first kappa shape index (κ1) is 110. The van der Waals surface area contributed by atoms with Crippen molar-refractivity contribution < 1.29 is 81.0 Å². The predicted octanol–water partition coefficient (Wildman–Crippen LogP) is -12.0. The summed E-state index contributed by atoms with van der Waals surface area (Å²) < 4.78 is 0. The van der Waals surface area contributed by atoms with Gasteiger partial charge in [0.25, 0.3) is 0 Å². The summed E-state index contributed by atoms with van der Waals surface area (Å²) in [5, 5.41) is 0. The molecule has 0 aromatic carbocycles. The van der Waals surface area contributed by atoms with Crippen molar-refractivity contribution in [3.8, 4) is 0 Å². The Morgan fingerprint density at radius 2 is 0.333 bits per heavy atom. The molecule has 0 aliphatic carbocycles. The van der Waals surface area contributed by atoms with Crippen molar-refractivity contribution in [1.82, 2.24) is 0 Å². The molecular weight excluding hydrogens is 552 g/mol. The van der Waals surface area contributed by atoms with Gasteiger partial charge in [0.15, 0.2) is 0 Å². The minimum Gasteiger partial charge on any atom is -1.00 e. The molecule has 0 aliphatic rings. The second-order valence-corrected chi connectivity index (χ2v) is 0. The zero-order valence-electron chi connectivity index (χ0n) is 2.51. The van der Waals surface area contributed by atoms with E-state index in [0.717, 1.165) is 0 Å². The van der Waals surface area contributed by atoms with Gasteiger partial charge in [-0.2, -0.15) is 0 Å². The van der Waals surface area contributed by atoms with E-state index in [-0.39, 0.29) is 81.0 Å². The number of halogens is 4. The largest absolute Gasteiger partial charge is 1.00 e. The second-order valence-electron chi connectivity index (χ2n) is 0. The van der Waals surface area contributed by atoms with E-state index in [1.807, 2.05) is 0 Å². The number of hydrogen-bond acceptors (Lipinski definition) is 0. The maximum atomic E-state index is 0. The Morgan fingerprint density at radius 1 is 0.333 bits per heavy atom. The normalized spacial score (nSPS) is 0. The first-order valence-corrected chi connectivity index (χ1v) is 0. The Labute approximate surface area is 80.0 Å². The molecule has 0 saturated heterocycles. The van der Waals surface area contributed by atoms with Gasteiger partial charge in [-0.25, -0.2) is 0 Å². The Balaban J connectivity index is 0. The Kier molecular flexibility index (Phi) is 1270. The molecule has 0 unspecified atom stereocenters. The van der Waals surface area contributed by atoms with E-state index >= 15 is 0 Å². The first-order valence-electron chi connectivity index (χ1n) is 0. The molecule has 0 aromatic rings. The van der Waals surface area contributed by atoms with Gasteiger partial charge in [-0.1, -0.05) is 0 Å². The zero-order valence-corrected chi connectivity index (χ0v) is 10.8. The Bertz CT molecular complexity index is 5.51. The molecule has 0 N–H and O–H groups in total. The molecule has 0 nitrogen and oxygen atoms in total.